The predicted molar refractivity (Wildman–Crippen MR) is 90.6 cm³/mol. The number of carbonyl (C=O) groups is 1. The van der Waals surface area contributed by atoms with Crippen LogP contribution in [0.1, 0.15) is 15.9 Å². The molecule has 5 heteroatoms. The number of nitrogens with zero attached hydrogens (tertiary/aromatic N) is 1. The third kappa shape index (κ3) is 3.81. The van der Waals surface area contributed by atoms with Gasteiger partial charge in [0.1, 0.15) is 0 Å². The van der Waals surface area contributed by atoms with Crippen LogP contribution in [0.2, 0.25) is 0 Å². The lowest BCUT2D eigenvalue weighted by molar-refractivity contribution is 0.102. The summed E-state index contributed by atoms with van der Waals surface area (Å²) in [5.41, 5.74) is 2.27. The zero-order valence-electron chi connectivity index (χ0n) is 10.4. The molecular weight excluding hydrogens is 431 g/mol. The lowest BCUT2D eigenvalue weighted by Crippen LogP contribution is -2.13. The molecule has 3 nitrogen and oxygen atoms in total. The molecule has 100 valence electrons. The van der Waals surface area contributed by atoms with E-state index in [2.05, 4.69) is 49.9 Å². The second kappa shape index (κ2) is 6.86. The number of anilines is 1. The quantitative estimate of drug-likeness (QED) is 0.720. The maximum Gasteiger partial charge on any atom is 0.256 e. The molecule has 0 heterocycles. The molecule has 0 spiro atoms. The number of amides is 1. The Bertz CT molecular complexity index is 677. The van der Waals surface area contributed by atoms with Crippen molar-refractivity contribution in [1.29, 1.82) is 5.26 Å². The topological polar surface area (TPSA) is 52.9 Å². The van der Waals surface area contributed by atoms with Crippen LogP contribution >= 0.6 is 38.5 Å². The first kappa shape index (κ1) is 15.0. The predicted octanol–water partition coefficient (Wildman–Crippen LogP) is 4.37. The van der Waals surface area contributed by atoms with Gasteiger partial charge in [-0.3, -0.25) is 4.79 Å². The molecule has 1 amide bonds. The zero-order chi connectivity index (χ0) is 14.5. The monoisotopic (exact) mass is 440 g/mol. The molecule has 0 aromatic heterocycles. The fourth-order valence-electron chi connectivity index (χ4n) is 1.67. The minimum Gasteiger partial charge on any atom is -0.322 e. The van der Waals surface area contributed by atoms with Crippen molar-refractivity contribution in [3.63, 3.8) is 0 Å². The summed E-state index contributed by atoms with van der Waals surface area (Å²) in [5, 5.41) is 11.5. The van der Waals surface area contributed by atoms with Crippen LogP contribution in [-0.2, 0) is 6.42 Å². The fourth-order valence-corrected chi connectivity index (χ4v) is 2.61. The van der Waals surface area contributed by atoms with Crippen molar-refractivity contribution >= 4 is 50.1 Å². The van der Waals surface area contributed by atoms with Gasteiger partial charge in [-0.05, 0) is 58.5 Å². The van der Waals surface area contributed by atoms with E-state index in [1.165, 1.54) is 0 Å². The van der Waals surface area contributed by atoms with Gasteiger partial charge in [-0.1, -0.05) is 28.1 Å². The van der Waals surface area contributed by atoms with Gasteiger partial charge in [0.15, 0.2) is 0 Å². The Labute approximate surface area is 139 Å². The number of nitrogens with one attached hydrogen (secondary N) is 1. The molecule has 20 heavy (non-hydrogen) atoms. The molecule has 0 atom stereocenters. The molecule has 0 unspecified atom stereocenters. The number of halogens is 2. The Hall–Kier alpha value is -1.39. The lowest BCUT2D eigenvalue weighted by atomic mass is 10.1. The highest BCUT2D eigenvalue weighted by atomic mass is 127. The van der Waals surface area contributed by atoms with Gasteiger partial charge in [0, 0.05) is 13.7 Å². The number of rotatable bonds is 3. The van der Waals surface area contributed by atoms with Gasteiger partial charge in [-0.2, -0.15) is 5.26 Å². The van der Waals surface area contributed by atoms with Gasteiger partial charge < -0.3 is 5.32 Å². The van der Waals surface area contributed by atoms with Crippen LogP contribution in [0.15, 0.2) is 46.9 Å². The second-order valence-corrected chi connectivity index (χ2v) is 6.19. The van der Waals surface area contributed by atoms with Gasteiger partial charge in [0.25, 0.3) is 5.91 Å². The van der Waals surface area contributed by atoms with E-state index < -0.39 is 0 Å². The molecule has 0 saturated heterocycles. The molecule has 2 aromatic carbocycles. The smallest absolute Gasteiger partial charge is 0.256 e. The summed E-state index contributed by atoms with van der Waals surface area (Å²) in [6, 6.07) is 14.9. The van der Waals surface area contributed by atoms with Gasteiger partial charge in [0.2, 0.25) is 0 Å². The van der Waals surface area contributed by atoms with Crippen LogP contribution in [0, 0.1) is 14.9 Å². The third-order valence-corrected chi connectivity index (χ3v) is 4.10. The summed E-state index contributed by atoms with van der Waals surface area (Å²) >= 11 is 5.50. The number of hydrogen-bond donors (Lipinski definition) is 1. The Morgan fingerprint density at radius 2 is 1.95 bits per heavy atom. The molecule has 2 rings (SSSR count). The standard InChI is InChI=1S/C15H10BrIN2O/c16-11-3-6-14(17)13(9-11)15(20)19-12-4-1-10(2-5-12)7-8-18/h1-6,9H,7H2,(H,19,20). The van der Waals surface area contributed by atoms with Gasteiger partial charge in [-0.25, -0.2) is 0 Å². The fraction of sp³-hybridized carbons (Fsp3) is 0.0667. The van der Waals surface area contributed by atoms with Crippen molar-refractivity contribution in [3.8, 4) is 6.07 Å². The average molecular weight is 441 g/mol. The summed E-state index contributed by atoms with van der Waals surface area (Å²) in [7, 11) is 0. The van der Waals surface area contributed by atoms with Crippen LogP contribution < -0.4 is 5.32 Å². The highest BCUT2D eigenvalue weighted by Crippen LogP contribution is 2.20. The highest BCUT2D eigenvalue weighted by molar-refractivity contribution is 14.1. The van der Waals surface area contributed by atoms with E-state index in [4.69, 9.17) is 5.26 Å². The van der Waals surface area contributed by atoms with Crippen molar-refractivity contribution in [1.82, 2.24) is 0 Å². The van der Waals surface area contributed by atoms with Crippen LogP contribution in [0.4, 0.5) is 5.69 Å². The van der Waals surface area contributed by atoms with Crippen LogP contribution in [0.25, 0.3) is 0 Å². The Morgan fingerprint density at radius 3 is 2.60 bits per heavy atom. The van der Waals surface area contributed by atoms with E-state index >= 15 is 0 Å². The van der Waals surface area contributed by atoms with Gasteiger partial charge in [-0.15, -0.1) is 0 Å². The van der Waals surface area contributed by atoms with Crippen molar-refractivity contribution in [2.24, 2.45) is 0 Å². The van der Waals surface area contributed by atoms with Crippen molar-refractivity contribution in [2.75, 3.05) is 5.32 Å². The maximum absolute atomic E-state index is 12.2. The zero-order valence-corrected chi connectivity index (χ0v) is 14.1. The summed E-state index contributed by atoms with van der Waals surface area (Å²) in [5.74, 6) is -0.149. The summed E-state index contributed by atoms with van der Waals surface area (Å²) < 4.78 is 1.76. The summed E-state index contributed by atoms with van der Waals surface area (Å²) in [6.07, 6.45) is 0.373. The van der Waals surface area contributed by atoms with E-state index in [0.29, 0.717) is 17.7 Å². The van der Waals surface area contributed by atoms with Crippen LogP contribution in [-0.4, -0.2) is 5.91 Å². The first-order chi connectivity index (χ1) is 9.60. The van der Waals surface area contributed by atoms with E-state index in [1.807, 2.05) is 24.3 Å². The molecule has 0 aliphatic heterocycles. The molecule has 0 aliphatic rings. The molecule has 0 fully saturated rings. The van der Waals surface area contributed by atoms with Crippen LogP contribution in [0.5, 0.6) is 0 Å². The molecule has 0 radical (unpaired) electrons. The second-order valence-electron chi connectivity index (χ2n) is 4.11. The molecule has 1 N–H and O–H groups in total. The van der Waals surface area contributed by atoms with E-state index in [0.717, 1.165) is 13.6 Å². The Balaban J connectivity index is 2.15. The molecule has 2 aromatic rings. The molecule has 0 bridgehead atoms. The number of benzene rings is 2. The summed E-state index contributed by atoms with van der Waals surface area (Å²) in [6.45, 7) is 0. The average Bonchev–Trinajstić information content (AvgIpc) is 2.44. The maximum atomic E-state index is 12.2. The Kier molecular flexibility index (Phi) is 5.15. The van der Waals surface area contributed by atoms with E-state index in [1.54, 1.807) is 18.2 Å². The minimum atomic E-state index is -0.149. The van der Waals surface area contributed by atoms with E-state index in [-0.39, 0.29) is 5.91 Å². The Morgan fingerprint density at radius 1 is 1.25 bits per heavy atom. The SMILES string of the molecule is N#CCc1ccc(NC(=O)c2cc(Br)ccc2I)cc1. The first-order valence-electron chi connectivity index (χ1n) is 5.82. The summed E-state index contributed by atoms with van der Waals surface area (Å²) in [4.78, 5) is 12.2. The minimum absolute atomic E-state index is 0.149. The van der Waals surface area contributed by atoms with Crippen LogP contribution in [0.3, 0.4) is 0 Å². The van der Waals surface area contributed by atoms with Gasteiger partial charge in [0.05, 0.1) is 18.1 Å². The largest absolute Gasteiger partial charge is 0.322 e. The number of carbonyl (C=O) groups excluding carboxylic acids is 1. The van der Waals surface area contributed by atoms with Crippen molar-refractivity contribution in [2.45, 2.75) is 6.42 Å². The highest BCUT2D eigenvalue weighted by Gasteiger charge is 2.10. The lowest BCUT2D eigenvalue weighted by Gasteiger charge is -2.08. The number of hydrogen-bond acceptors (Lipinski definition) is 2. The van der Waals surface area contributed by atoms with Gasteiger partial charge >= 0.3 is 0 Å². The first-order valence-corrected chi connectivity index (χ1v) is 7.69. The number of nitriles is 1. The normalized spacial score (nSPS) is 9.85. The van der Waals surface area contributed by atoms with Crippen molar-refractivity contribution in [3.05, 3.63) is 61.6 Å². The van der Waals surface area contributed by atoms with E-state index in [9.17, 15) is 4.79 Å². The molecular formula is C15H10BrIN2O. The molecule has 0 aliphatic carbocycles. The van der Waals surface area contributed by atoms with Crippen molar-refractivity contribution < 1.29 is 4.79 Å². The third-order valence-electron chi connectivity index (χ3n) is 2.67. The molecule has 0 saturated carbocycles.